The Morgan fingerprint density at radius 2 is 1.86 bits per heavy atom. The fourth-order valence-electron chi connectivity index (χ4n) is 1.42. The van der Waals surface area contributed by atoms with Crippen LogP contribution in [0.4, 0.5) is 0 Å². The predicted octanol–water partition coefficient (Wildman–Crippen LogP) is 4.35. The maximum absolute atomic E-state index is 3.85. The van der Waals surface area contributed by atoms with E-state index in [4.69, 9.17) is 0 Å². The molecule has 1 heteroatoms. The van der Waals surface area contributed by atoms with Crippen LogP contribution in [0.2, 0.25) is 0 Å². The van der Waals surface area contributed by atoms with Crippen LogP contribution in [0.15, 0.2) is 29.2 Å². The first-order valence-electron chi connectivity index (χ1n) is 5.37. The summed E-state index contributed by atoms with van der Waals surface area (Å²) >= 11 is 1.90. The van der Waals surface area contributed by atoms with E-state index in [-0.39, 0.29) is 0 Å². The van der Waals surface area contributed by atoms with Gasteiger partial charge < -0.3 is 0 Å². The van der Waals surface area contributed by atoms with Crippen molar-refractivity contribution in [3.8, 4) is 0 Å². The Kier molecular flexibility index (Phi) is 5.77. The first-order valence-corrected chi connectivity index (χ1v) is 6.36. The molecule has 0 amide bonds. The molecule has 0 fully saturated rings. The van der Waals surface area contributed by atoms with Gasteiger partial charge in [0.15, 0.2) is 0 Å². The van der Waals surface area contributed by atoms with Crippen LogP contribution >= 0.6 is 11.8 Å². The van der Waals surface area contributed by atoms with E-state index < -0.39 is 0 Å². The van der Waals surface area contributed by atoms with Gasteiger partial charge in [0.2, 0.25) is 0 Å². The van der Waals surface area contributed by atoms with E-state index in [1.165, 1.54) is 29.7 Å². The summed E-state index contributed by atoms with van der Waals surface area (Å²) < 4.78 is 0. The SMILES string of the molecule is [CH2]CCCCc1ccc(SCC)cc1. The van der Waals surface area contributed by atoms with E-state index in [0.717, 1.165) is 12.2 Å². The number of rotatable bonds is 6. The third-order valence-electron chi connectivity index (χ3n) is 2.20. The van der Waals surface area contributed by atoms with Crippen molar-refractivity contribution in [1.82, 2.24) is 0 Å². The van der Waals surface area contributed by atoms with Crippen molar-refractivity contribution in [2.45, 2.75) is 37.5 Å². The van der Waals surface area contributed by atoms with Gasteiger partial charge in [-0.25, -0.2) is 0 Å². The first-order chi connectivity index (χ1) is 6.86. The number of hydrogen-bond donors (Lipinski definition) is 0. The molecule has 0 N–H and O–H groups in total. The fourth-order valence-corrected chi connectivity index (χ4v) is 2.09. The lowest BCUT2D eigenvalue weighted by atomic mass is 10.1. The summed E-state index contributed by atoms with van der Waals surface area (Å²) in [4.78, 5) is 1.38. The lowest BCUT2D eigenvalue weighted by molar-refractivity contribution is 0.746. The van der Waals surface area contributed by atoms with E-state index in [1.807, 2.05) is 11.8 Å². The molecule has 0 saturated heterocycles. The van der Waals surface area contributed by atoms with Crippen LogP contribution in [0, 0.1) is 6.92 Å². The predicted molar refractivity (Wildman–Crippen MR) is 65.8 cm³/mol. The maximum atomic E-state index is 3.85. The van der Waals surface area contributed by atoms with Gasteiger partial charge in [-0.1, -0.05) is 38.8 Å². The van der Waals surface area contributed by atoms with Crippen LogP contribution in [0.25, 0.3) is 0 Å². The highest BCUT2D eigenvalue weighted by Crippen LogP contribution is 2.18. The highest BCUT2D eigenvalue weighted by atomic mass is 32.2. The number of aryl methyl sites for hydroxylation is 1. The highest BCUT2D eigenvalue weighted by Gasteiger charge is 1.94. The Bertz CT molecular complexity index is 238. The maximum Gasteiger partial charge on any atom is 0.00720 e. The topological polar surface area (TPSA) is 0 Å². The summed E-state index contributed by atoms with van der Waals surface area (Å²) in [7, 11) is 0. The number of thioether (sulfide) groups is 1. The molecule has 0 aromatic heterocycles. The molecule has 1 radical (unpaired) electrons. The molecule has 0 aliphatic rings. The minimum absolute atomic E-state index is 1.06. The molecule has 0 bridgehead atoms. The van der Waals surface area contributed by atoms with Gasteiger partial charge in [-0.2, -0.15) is 0 Å². The molecule has 0 spiro atoms. The molecule has 0 aliphatic heterocycles. The van der Waals surface area contributed by atoms with Gasteiger partial charge in [0, 0.05) is 4.90 Å². The van der Waals surface area contributed by atoms with Crippen molar-refractivity contribution < 1.29 is 0 Å². The molecule has 1 aromatic rings. The molecule has 0 atom stereocenters. The van der Waals surface area contributed by atoms with Crippen LogP contribution in [0.3, 0.4) is 0 Å². The normalized spacial score (nSPS) is 10.4. The molecule has 1 aromatic carbocycles. The third-order valence-corrected chi connectivity index (χ3v) is 3.09. The standard InChI is InChI=1S/C13H19S/c1-3-5-6-7-12-8-10-13(11-9-12)14-4-2/h8-11H,1,3-7H2,2H3. The second kappa shape index (κ2) is 6.94. The molecule has 77 valence electrons. The summed E-state index contributed by atoms with van der Waals surface area (Å²) in [5.41, 5.74) is 1.46. The van der Waals surface area contributed by atoms with Crippen LogP contribution in [0.1, 0.15) is 31.7 Å². The summed E-state index contributed by atoms with van der Waals surface area (Å²) in [5, 5.41) is 0. The zero-order valence-corrected chi connectivity index (χ0v) is 9.78. The van der Waals surface area contributed by atoms with Gasteiger partial charge >= 0.3 is 0 Å². The van der Waals surface area contributed by atoms with Gasteiger partial charge in [-0.15, -0.1) is 11.8 Å². The molecule has 0 heterocycles. The summed E-state index contributed by atoms with van der Waals surface area (Å²) in [6.45, 7) is 6.04. The zero-order valence-electron chi connectivity index (χ0n) is 8.96. The third kappa shape index (κ3) is 4.19. The molecule has 0 aliphatic carbocycles. The van der Waals surface area contributed by atoms with Gasteiger partial charge in [0.05, 0.1) is 0 Å². The Morgan fingerprint density at radius 3 is 2.43 bits per heavy atom. The number of hydrogen-bond acceptors (Lipinski definition) is 1. The highest BCUT2D eigenvalue weighted by molar-refractivity contribution is 7.99. The molecule has 0 unspecified atom stereocenters. The summed E-state index contributed by atoms with van der Waals surface area (Å²) in [6, 6.07) is 8.96. The average molecular weight is 207 g/mol. The van der Waals surface area contributed by atoms with Crippen LogP contribution < -0.4 is 0 Å². The first kappa shape index (κ1) is 11.6. The molecule has 0 nitrogen and oxygen atoms in total. The molecular formula is C13H19S. The minimum Gasteiger partial charge on any atom is -0.126 e. The fraction of sp³-hybridized carbons (Fsp3) is 0.462. The lowest BCUT2D eigenvalue weighted by Gasteiger charge is -2.02. The second-order valence-corrected chi connectivity index (χ2v) is 4.73. The smallest absolute Gasteiger partial charge is 0.00720 e. The van der Waals surface area contributed by atoms with E-state index in [1.54, 1.807) is 0 Å². The Morgan fingerprint density at radius 1 is 1.14 bits per heavy atom. The van der Waals surface area contributed by atoms with Gasteiger partial charge in [0.25, 0.3) is 0 Å². The molecule has 1 rings (SSSR count). The Balaban J connectivity index is 2.38. The van der Waals surface area contributed by atoms with Gasteiger partial charge in [-0.05, 0) is 36.3 Å². The minimum atomic E-state index is 1.06. The van der Waals surface area contributed by atoms with E-state index in [0.29, 0.717) is 0 Å². The second-order valence-electron chi connectivity index (χ2n) is 3.39. The van der Waals surface area contributed by atoms with E-state index >= 15 is 0 Å². The van der Waals surface area contributed by atoms with Crippen molar-refractivity contribution in [3.05, 3.63) is 36.8 Å². The van der Waals surface area contributed by atoms with Crippen molar-refractivity contribution in [3.63, 3.8) is 0 Å². The Labute approximate surface area is 92.1 Å². The quantitative estimate of drug-likeness (QED) is 0.494. The summed E-state index contributed by atoms with van der Waals surface area (Å²) in [6.07, 6.45) is 4.77. The van der Waals surface area contributed by atoms with Crippen LogP contribution in [-0.2, 0) is 6.42 Å². The monoisotopic (exact) mass is 207 g/mol. The van der Waals surface area contributed by atoms with E-state index in [9.17, 15) is 0 Å². The molecular weight excluding hydrogens is 188 g/mol. The number of unbranched alkanes of at least 4 members (excludes halogenated alkanes) is 2. The number of benzene rings is 1. The lowest BCUT2D eigenvalue weighted by Crippen LogP contribution is -1.85. The largest absolute Gasteiger partial charge is 0.126 e. The van der Waals surface area contributed by atoms with Crippen molar-refractivity contribution >= 4 is 11.8 Å². The van der Waals surface area contributed by atoms with Gasteiger partial charge in [0.1, 0.15) is 0 Å². The van der Waals surface area contributed by atoms with Crippen molar-refractivity contribution in [1.29, 1.82) is 0 Å². The van der Waals surface area contributed by atoms with Crippen LogP contribution in [0.5, 0.6) is 0 Å². The Hall–Kier alpha value is -0.430. The van der Waals surface area contributed by atoms with E-state index in [2.05, 4.69) is 38.1 Å². The molecule has 0 saturated carbocycles. The van der Waals surface area contributed by atoms with Crippen molar-refractivity contribution in [2.24, 2.45) is 0 Å². The summed E-state index contributed by atoms with van der Waals surface area (Å²) in [5.74, 6) is 1.15. The zero-order chi connectivity index (χ0) is 10.2. The molecule has 14 heavy (non-hydrogen) atoms. The van der Waals surface area contributed by atoms with Crippen LogP contribution in [-0.4, -0.2) is 5.75 Å². The van der Waals surface area contributed by atoms with Gasteiger partial charge in [-0.3, -0.25) is 0 Å². The average Bonchev–Trinajstić information content (AvgIpc) is 2.21. The van der Waals surface area contributed by atoms with Crippen molar-refractivity contribution in [2.75, 3.05) is 5.75 Å².